The van der Waals surface area contributed by atoms with Gasteiger partial charge in [-0.1, -0.05) is 114 Å². The molecular weight excluding hydrogens is 629 g/mol. The maximum atomic E-state index is 12.5. The Hall–Kier alpha value is -2.03. The van der Waals surface area contributed by atoms with Crippen molar-refractivity contribution in [3.8, 4) is 0 Å². The lowest BCUT2D eigenvalue weighted by Gasteiger charge is -2.28. The first-order valence-corrected chi connectivity index (χ1v) is 19.8. The van der Waals surface area contributed by atoms with Crippen LogP contribution in [0.25, 0.3) is 0 Å². The average Bonchev–Trinajstić information content (AvgIpc) is 3.02. The minimum absolute atomic E-state index is 0.0374. The third kappa shape index (κ3) is 33.9. The summed E-state index contributed by atoms with van der Waals surface area (Å²) in [4.78, 5) is 37.1. The fraction of sp³-hybridized carbons (Fsp3) is 0.737. The van der Waals surface area contributed by atoms with Gasteiger partial charge in [0.05, 0.1) is 27.7 Å². The second-order valence-corrected chi connectivity index (χ2v) is 14.6. The number of unbranched alkanes of at least 4 members (excludes halogenated alkanes) is 10. The quantitative estimate of drug-likeness (QED) is 0.0225. The summed E-state index contributed by atoms with van der Waals surface area (Å²) in [7, 11) is 1.14. The summed E-state index contributed by atoms with van der Waals surface area (Å²) in [5.74, 6) is -0.884. The maximum absolute atomic E-state index is 12.5. The number of carbonyl (C=O) groups is 2. The highest BCUT2D eigenvalue weighted by Gasteiger charge is 2.21. The lowest BCUT2D eigenvalue weighted by molar-refractivity contribution is -0.870. The van der Waals surface area contributed by atoms with Crippen molar-refractivity contribution in [3.05, 3.63) is 48.6 Å². The van der Waals surface area contributed by atoms with E-state index in [1.54, 1.807) is 0 Å². The van der Waals surface area contributed by atoms with Gasteiger partial charge in [-0.25, -0.2) is 0 Å². The normalized spacial score (nSPS) is 14.4. The van der Waals surface area contributed by atoms with Crippen LogP contribution in [0.1, 0.15) is 129 Å². The topological polar surface area (TPSA) is 111 Å². The second-order valence-electron chi connectivity index (χ2n) is 13.2. The van der Waals surface area contributed by atoms with E-state index in [0.717, 1.165) is 64.2 Å². The molecule has 0 aliphatic carbocycles. The summed E-state index contributed by atoms with van der Waals surface area (Å²) in [5, 5.41) is 0. The molecule has 0 saturated carbocycles. The SMILES string of the molecule is CCC/C=C/C/C=C/C/C=C/C/C=C/CCCCCC(=O)OC[C@@H](COP(=O)([O-])OCC[N+](C)(C)C)OC(=O)CCCCCCCCC. The van der Waals surface area contributed by atoms with Crippen molar-refractivity contribution in [2.24, 2.45) is 0 Å². The number of esters is 2. The van der Waals surface area contributed by atoms with E-state index >= 15 is 0 Å². The van der Waals surface area contributed by atoms with Crippen LogP contribution in [0.15, 0.2) is 48.6 Å². The number of allylic oxidation sites excluding steroid dienone is 8. The molecule has 2 atom stereocenters. The van der Waals surface area contributed by atoms with E-state index in [0.29, 0.717) is 23.9 Å². The van der Waals surface area contributed by atoms with Crippen LogP contribution >= 0.6 is 7.82 Å². The molecule has 278 valence electrons. The van der Waals surface area contributed by atoms with Gasteiger partial charge in [-0.3, -0.25) is 14.2 Å². The Balaban J connectivity index is 4.43. The predicted molar refractivity (Wildman–Crippen MR) is 194 cm³/mol. The van der Waals surface area contributed by atoms with Crippen molar-refractivity contribution in [2.45, 2.75) is 136 Å². The summed E-state index contributed by atoms with van der Waals surface area (Å²) < 4.78 is 33.6. The Kier molecular flexibility index (Phi) is 29.7. The summed E-state index contributed by atoms with van der Waals surface area (Å²) in [6.45, 7) is 4.03. The molecule has 0 radical (unpaired) electrons. The average molecular weight is 698 g/mol. The van der Waals surface area contributed by atoms with Crippen molar-refractivity contribution >= 4 is 19.8 Å². The molecule has 0 fully saturated rings. The highest BCUT2D eigenvalue weighted by Crippen LogP contribution is 2.38. The zero-order valence-electron chi connectivity index (χ0n) is 30.9. The molecule has 0 aliphatic heterocycles. The number of hydrogen-bond donors (Lipinski definition) is 0. The van der Waals surface area contributed by atoms with Gasteiger partial charge >= 0.3 is 11.9 Å². The highest BCUT2D eigenvalue weighted by molar-refractivity contribution is 7.45. The molecule has 10 heteroatoms. The van der Waals surface area contributed by atoms with Crippen molar-refractivity contribution in [1.82, 2.24) is 0 Å². The third-order valence-corrected chi connectivity index (χ3v) is 8.30. The Morgan fingerprint density at radius 2 is 1.17 bits per heavy atom. The minimum Gasteiger partial charge on any atom is -0.756 e. The van der Waals surface area contributed by atoms with Gasteiger partial charge in [-0.2, -0.15) is 0 Å². The number of carbonyl (C=O) groups excluding carboxylic acids is 2. The van der Waals surface area contributed by atoms with Crippen LogP contribution in [-0.4, -0.2) is 70.0 Å². The highest BCUT2D eigenvalue weighted by atomic mass is 31.2. The first-order valence-electron chi connectivity index (χ1n) is 18.3. The van der Waals surface area contributed by atoms with E-state index in [9.17, 15) is 19.0 Å². The summed E-state index contributed by atoms with van der Waals surface area (Å²) in [6.07, 6.45) is 33.0. The van der Waals surface area contributed by atoms with Crippen molar-refractivity contribution in [2.75, 3.05) is 47.5 Å². The molecule has 0 spiro atoms. The number of nitrogens with zero attached hydrogens (tertiary/aromatic N) is 1. The fourth-order valence-corrected chi connectivity index (χ4v) is 5.14. The number of quaternary nitrogens is 1. The van der Waals surface area contributed by atoms with Crippen LogP contribution in [0.4, 0.5) is 0 Å². The Labute approximate surface area is 293 Å². The van der Waals surface area contributed by atoms with Crippen LogP contribution in [-0.2, 0) is 32.7 Å². The van der Waals surface area contributed by atoms with Gasteiger partial charge < -0.3 is 27.9 Å². The minimum atomic E-state index is -4.62. The van der Waals surface area contributed by atoms with E-state index in [1.807, 2.05) is 21.1 Å². The first kappa shape index (κ1) is 46.0. The number of phosphoric ester groups is 1. The molecule has 0 heterocycles. The lowest BCUT2D eigenvalue weighted by atomic mass is 10.1. The van der Waals surface area contributed by atoms with E-state index in [1.165, 1.54) is 25.7 Å². The van der Waals surface area contributed by atoms with Crippen LogP contribution in [0.3, 0.4) is 0 Å². The molecule has 0 aromatic rings. The van der Waals surface area contributed by atoms with Gasteiger partial charge in [0, 0.05) is 12.8 Å². The van der Waals surface area contributed by atoms with Crippen LogP contribution in [0.2, 0.25) is 0 Å². The van der Waals surface area contributed by atoms with Crippen LogP contribution in [0.5, 0.6) is 0 Å². The van der Waals surface area contributed by atoms with Crippen molar-refractivity contribution in [1.29, 1.82) is 0 Å². The van der Waals surface area contributed by atoms with Crippen LogP contribution < -0.4 is 4.89 Å². The first-order chi connectivity index (χ1) is 23.0. The molecule has 0 N–H and O–H groups in total. The molecule has 0 rings (SSSR count). The summed E-state index contributed by atoms with van der Waals surface area (Å²) in [5.41, 5.74) is 0. The number of hydrogen-bond acceptors (Lipinski definition) is 8. The molecule has 9 nitrogen and oxygen atoms in total. The van der Waals surface area contributed by atoms with E-state index < -0.39 is 32.5 Å². The molecule has 1 unspecified atom stereocenters. The number of phosphoric acid groups is 1. The van der Waals surface area contributed by atoms with Crippen molar-refractivity contribution in [3.63, 3.8) is 0 Å². The van der Waals surface area contributed by atoms with E-state index in [2.05, 4.69) is 62.5 Å². The molecule has 0 bridgehead atoms. The smallest absolute Gasteiger partial charge is 0.306 e. The van der Waals surface area contributed by atoms with Crippen molar-refractivity contribution < 1.29 is 42.1 Å². The fourth-order valence-electron chi connectivity index (χ4n) is 4.41. The van der Waals surface area contributed by atoms with Gasteiger partial charge in [-0.15, -0.1) is 0 Å². The van der Waals surface area contributed by atoms with Gasteiger partial charge in [0.2, 0.25) is 0 Å². The zero-order valence-corrected chi connectivity index (χ0v) is 31.8. The molecule has 0 aliphatic rings. The van der Waals surface area contributed by atoms with Gasteiger partial charge in [0.1, 0.15) is 19.8 Å². The van der Waals surface area contributed by atoms with Crippen LogP contribution in [0, 0.1) is 0 Å². The Bertz CT molecular complexity index is 970. The molecule has 48 heavy (non-hydrogen) atoms. The number of likely N-dealkylation sites (N-methyl/N-ethyl adjacent to an activating group) is 1. The molecule has 0 saturated heterocycles. The second kappa shape index (κ2) is 31.0. The maximum Gasteiger partial charge on any atom is 0.306 e. The van der Waals surface area contributed by atoms with E-state index in [-0.39, 0.29) is 26.1 Å². The Morgan fingerprint density at radius 1 is 0.646 bits per heavy atom. The summed E-state index contributed by atoms with van der Waals surface area (Å²) >= 11 is 0. The third-order valence-electron chi connectivity index (χ3n) is 7.33. The molecule has 0 aromatic carbocycles. The standard InChI is InChI=1S/C38H68NO8P/c1-6-8-10-12-14-15-16-17-18-19-20-21-22-23-25-26-28-30-37(40)44-34-36(35-46-48(42,43)45-33-32-39(3,4)5)47-38(41)31-29-27-24-13-11-9-7-2/h10,12,15-16,18-19,21-22,36H,6-9,11,13-14,17,20,23-35H2,1-5H3/b12-10+,16-15+,19-18+,22-21+/t36-/m0/s1. The van der Waals surface area contributed by atoms with Gasteiger partial charge in [0.15, 0.2) is 6.10 Å². The monoisotopic (exact) mass is 697 g/mol. The zero-order chi connectivity index (χ0) is 35.8. The van der Waals surface area contributed by atoms with Gasteiger partial charge in [-0.05, 0) is 51.4 Å². The molecule has 0 aromatic heterocycles. The summed E-state index contributed by atoms with van der Waals surface area (Å²) in [6, 6.07) is 0. The molecule has 0 amide bonds. The predicted octanol–water partition coefficient (Wildman–Crippen LogP) is 8.94. The van der Waals surface area contributed by atoms with Gasteiger partial charge in [0.25, 0.3) is 7.82 Å². The number of rotatable bonds is 32. The number of ether oxygens (including phenoxy) is 2. The molecular formula is C38H68NO8P. The lowest BCUT2D eigenvalue weighted by Crippen LogP contribution is -2.37. The largest absolute Gasteiger partial charge is 0.756 e. The van der Waals surface area contributed by atoms with E-state index in [4.69, 9.17) is 18.5 Å². The Morgan fingerprint density at radius 3 is 1.75 bits per heavy atom.